The van der Waals surface area contributed by atoms with Gasteiger partial charge in [0.05, 0.1) is 10.8 Å². The third kappa shape index (κ3) is 4.54. The number of amides is 1. The number of halogens is 1. The molecule has 5 nitrogen and oxygen atoms in total. The van der Waals surface area contributed by atoms with Gasteiger partial charge in [-0.25, -0.2) is 12.8 Å². The second-order valence-electron chi connectivity index (χ2n) is 7.02. The van der Waals surface area contributed by atoms with Crippen LogP contribution in [0.5, 0.6) is 0 Å². The fraction of sp³-hybridized carbons (Fsp3) is 0.350. The normalized spacial score (nSPS) is 18.3. The summed E-state index contributed by atoms with van der Waals surface area (Å²) >= 11 is 0. The third-order valence-electron chi connectivity index (χ3n) is 4.70. The molecule has 1 amide bonds. The van der Waals surface area contributed by atoms with Gasteiger partial charge in [0.15, 0.2) is 0 Å². The monoisotopic (exact) mass is 390 g/mol. The standard InChI is InChI=1S/C20H23FN2O3S/c1-14-10-15(2)12-18(11-14)22-20(24)16-4-3-9-23(13-16)27(25,26)19-7-5-17(21)6-8-19/h5-8,10-12,16H,3-4,9,13H2,1-2H3,(H,22,24). The summed E-state index contributed by atoms with van der Waals surface area (Å²) in [4.78, 5) is 12.7. The van der Waals surface area contributed by atoms with E-state index in [9.17, 15) is 17.6 Å². The van der Waals surface area contributed by atoms with Crippen molar-refractivity contribution in [3.8, 4) is 0 Å². The van der Waals surface area contributed by atoms with E-state index in [1.165, 1.54) is 16.4 Å². The van der Waals surface area contributed by atoms with E-state index in [-0.39, 0.29) is 17.3 Å². The van der Waals surface area contributed by atoms with Crippen molar-refractivity contribution in [3.05, 3.63) is 59.4 Å². The summed E-state index contributed by atoms with van der Waals surface area (Å²) in [6, 6.07) is 10.6. The molecule has 2 aromatic rings. The molecule has 27 heavy (non-hydrogen) atoms. The molecule has 1 N–H and O–H groups in total. The van der Waals surface area contributed by atoms with E-state index in [0.717, 1.165) is 28.9 Å². The van der Waals surface area contributed by atoms with Crippen molar-refractivity contribution < 1.29 is 17.6 Å². The van der Waals surface area contributed by atoms with Gasteiger partial charge in [0.1, 0.15) is 5.82 Å². The summed E-state index contributed by atoms with van der Waals surface area (Å²) in [6.07, 6.45) is 1.23. The topological polar surface area (TPSA) is 66.5 Å². The number of nitrogens with one attached hydrogen (secondary N) is 1. The molecule has 0 radical (unpaired) electrons. The largest absolute Gasteiger partial charge is 0.326 e. The molecule has 3 rings (SSSR count). The molecule has 1 aliphatic rings. The first kappa shape index (κ1) is 19.5. The van der Waals surface area contributed by atoms with Crippen LogP contribution < -0.4 is 5.32 Å². The van der Waals surface area contributed by atoms with E-state index >= 15 is 0 Å². The summed E-state index contributed by atoms with van der Waals surface area (Å²) in [5.41, 5.74) is 2.82. The number of hydrogen-bond donors (Lipinski definition) is 1. The zero-order valence-corrected chi connectivity index (χ0v) is 16.2. The quantitative estimate of drug-likeness (QED) is 0.869. The molecule has 1 aliphatic heterocycles. The molecule has 0 spiro atoms. The van der Waals surface area contributed by atoms with Crippen LogP contribution in [-0.2, 0) is 14.8 Å². The molecule has 0 saturated carbocycles. The van der Waals surface area contributed by atoms with Gasteiger partial charge in [-0.15, -0.1) is 0 Å². The van der Waals surface area contributed by atoms with E-state index < -0.39 is 21.8 Å². The van der Waals surface area contributed by atoms with Crippen molar-refractivity contribution in [1.29, 1.82) is 0 Å². The van der Waals surface area contributed by atoms with Crippen LogP contribution in [0.15, 0.2) is 47.4 Å². The first-order chi connectivity index (χ1) is 12.8. The highest BCUT2D eigenvalue weighted by Crippen LogP contribution is 2.25. The van der Waals surface area contributed by atoms with Crippen molar-refractivity contribution in [2.75, 3.05) is 18.4 Å². The van der Waals surface area contributed by atoms with Crippen LogP contribution >= 0.6 is 0 Å². The van der Waals surface area contributed by atoms with Gasteiger partial charge < -0.3 is 5.32 Å². The lowest BCUT2D eigenvalue weighted by Crippen LogP contribution is -2.43. The molecule has 0 aliphatic carbocycles. The minimum absolute atomic E-state index is 0.0410. The molecule has 1 atom stereocenters. The third-order valence-corrected chi connectivity index (χ3v) is 6.57. The van der Waals surface area contributed by atoms with Crippen molar-refractivity contribution in [1.82, 2.24) is 4.31 Å². The second-order valence-corrected chi connectivity index (χ2v) is 8.96. The van der Waals surface area contributed by atoms with Gasteiger partial charge in [-0.05, 0) is 74.2 Å². The summed E-state index contributed by atoms with van der Waals surface area (Å²) in [5, 5.41) is 2.90. The predicted octanol–water partition coefficient (Wildman–Crippen LogP) is 3.48. The lowest BCUT2D eigenvalue weighted by molar-refractivity contribution is -0.120. The zero-order chi connectivity index (χ0) is 19.6. The van der Waals surface area contributed by atoms with Crippen LogP contribution in [0.25, 0.3) is 0 Å². The van der Waals surface area contributed by atoms with Gasteiger partial charge in [0, 0.05) is 18.8 Å². The number of carbonyl (C=O) groups is 1. The Kier molecular flexibility index (Phi) is 5.62. The Balaban J connectivity index is 1.73. The maximum Gasteiger partial charge on any atom is 0.243 e. The van der Waals surface area contributed by atoms with Crippen molar-refractivity contribution in [3.63, 3.8) is 0 Å². The molecule has 7 heteroatoms. The number of piperidine rings is 1. The number of sulfonamides is 1. The highest BCUT2D eigenvalue weighted by molar-refractivity contribution is 7.89. The molecule has 1 unspecified atom stereocenters. The van der Waals surface area contributed by atoms with Gasteiger partial charge in [-0.1, -0.05) is 6.07 Å². The number of anilines is 1. The number of nitrogens with zero attached hydrogens (tertiary/aromatic N) is 1. The molecule has 1 heterocycles. The van der Waals surface area contributed by atoms with Crippen molar-refractivity contribution >= 4 is 21.6 Å². The fourth-order valence-electron chi connectivity index (χ4n) is 3.42. The predicted molar refractivity (Wildman–Crippen MR) is 102 cm³/mol. The molecular formula is C20H23FN2O3S. The minimum Gasteiger partial charge on any atom is -0.326 e. The van der Waals surface area contributed by atoms with Crippen LogP contribution in [0.4, 0.5) is 10.1 Å². The Bertz CT molecular complexity index is 922. The van der Waals surface area contributed by atoms with E-state index in [0.29, 0.717) is 19.4 Å². The molecule has 1 saturated heterocycles. The van der Waals surface area contributed by atoms with E-state index in [1.807, 2.05) is 32.0 Å². The molecule has 2 aromatic carbocycles. The first-order valence-corrected chi connectivity index (χ1v) is 10.3. The first-order valence-electron chi connectivity index (χ1n) is 8.90. The fourth-order valence-corrected chi connectivity index (χ4v) is 4.95. The summed E-state index contributed by atoms with van der Waals surface area (Å²) in [5.74, 6) is -1.09. The second kappa shape index (κ2) is 7.78. The van der Waals surface area contributed by atoms with Crippen LogP contribution in [0, 0.1) is 25.6 Å². The number of aryl methyl sites for hydroxylation is 2. The lowest BCUT2D eigenvalue weighted by Gasteiger charge is -2.31. The Morgan fingerprint density at radius 2 is 1.74 bits per heavy atom. The summed E-state index contributed by atoms with van der Waals surface area (Å²) in [6.45, 7) is 4.39. The number of benzene rings is 2. The van der Waals surface area contributed by atoms with Gasteiger partial charge in [-0.2, -0.15) is 4.31 Å². The summed E-state index contributed by atoms with van der Waals surface area (Å²) < 4.78 is 40.0. The SMILES string of the molecule is Cc1cc(C)cc(NC(=O)C2CCCN(S(=O)(=O)c3ccc(F)cc3)C2)c1. The summed E-state index contributed by atoms with van der Waals surface area (Å²) in [7, 11) is -3.74. The highest BCUT2D eigenvalue weighted by atomic mass is 32.2. The lowest BCUT2D eigenvalue weighted by atomic mass is 9.98. The minimum atomic E-state index is -3.74. The Morgan fingerprint density at radius 3 is 2.37 bits per heavy atom. The Morgan fingerprint density at radius 1 is 1.11 bits per heavy atom. The Hall–Kier alpha value is -2.25. The average molecular weight is 390 g/mol. The van der Waals surface area contributed by atoms with Gasteiger partial charge >= 0.3 is 0 Å². The average Bonchev–Trinajstić information content (AvgIpc) is 2.61. The molecular weight excluding hydrogens is 367 g/mol. The van der Waals surface area contributed by atoms with Gasteiger partial charge in [0.2, 0.25) is 15.9 Å². The number of hydrogen-bond acceptors (Lipinski definition) is 3. The van der Waals surface area contributed by atoms with Crippen LogP contribution in [0.1, 0.15) is 24.0 Å². The van der Waals surface area contributed by atoms with Crippen LogP contribution in [0.3, 0.4) is 0 Å². The van der Waals surface area contributed by atoms with E-state index in [1.54, 1.807) is 0 Å². The zero-order valence-electron chi connectivity index (χ0n) is 15.4. The smallest absolute Gasteiger partial charge is 0.243 e. The van der Waals surface area contributed by atoms with Crippen LogP contribution in [0.2, 0.25) is 0 Å². The maximum atomic E-state index is 13.1. The van der Waals surface area contributed by atoms with E-state index in [4.69, 9.17) is 0 Å². The molecule has 1 fully saturated rings. The van der Waals surface area contributed by atoms with Crippen LogP contribution in [-0.4, -0.2) is 31.7 Å². The number of carbonyl (C=O) groups excluding carboxylic acids is 1. The van der Waals surface area contributed by atoms with Crippen molar-refractivity contribution in [2.45, 2.75) is 31.6 Å². The Labute approximate surface area is 159 Å². The van der Waals surface area contributed by atoms with E-state index in [2.05, 4.69) is 5.32 Å². The molecule has 144 valence electrons. The maximum absolute atomic E-state index is 13.1. The van der Waals surface area contributed by atoms with Gasteiger partial charge in [-0.3, -0.25) is 4.79 Å². The highest BCUT2D eigenvalue weighted by Gasteiger charge is 2.33. The number of rotatable bonds is 4. The molecule has 0 bridgehead atoms. The molecule has 0 aromatic heterocycles. The van der Waals surface area contributed by atoms with Gasteiger partial charge in [0.25, 0.3) is 0 Å². The van der Waals surface area contributed by atoms with Crippen molar-refractivity contribution in [2.24, 2.45) is 5.92 Å².